The monoisotopic (exact) mass is 239 g/mol. The summed E-state index contributed by atoms with van der Waals surface area (Å²) >= 11 is 7.44. The Hall–Kier alpha value is -0.431. The molecule has 2 heteroatoms. The summed E-state index contributed by atoms with van der Waals surface area (Å²) in [7, 11) is 0. The molecule has 0 saturated carbocycles. The molecule has 0 aliphatic rings. The van der Waals surface area contributed by atoms with Gasteiger partial charge in [-0.2, -0.15) is 0 Å². The van der Waals surface area contributed by atoms with Gasteiger partial charge in [0.05, 0.1) is 0 Å². The van der Waals surface area contributed by atoms with Crippen molar-refractivity contribution in [2.24, 2.45) is 0 Å². The summed E-state index contributed by atoms with van der Waals surface area (Å²) in [5.41, 5.74) is 0. The molecule has 2 aromatic carbocycles. The first-order valence-corrected chi connectivity index (χ1v) is 4.97. The van der Waals surface area contributed by atoms with Gasteiger partial charge in [-0.15, -0.1) is 0 Å². The zero-order valence-corrected chi connectivity index (χ0v) is 8.93. The topological polar surface area (TPSA) is 0 Å². The van der Waals surface area contributed by atoms with Crippen molar-refractivity contribution in [3.05, 3.63) is 36.4 Å². The predicted octanol–water partition coefficient (Wildman–Crippen LogP) is 1.92. The molecular weight excluding hydrogens is 231 g/mol. The van der Waals surface area contributed by atoms with Crippen LogP contribution < -0.4 is 4.46 Å². The maximum atomic E-state index is 4.40. The first-order chi connectivity index (χ1) is 5.79. The third-order valence-corrected chi connectivity index (χ3v) is 2.93. The van der Waals surface area contributed by atoms with Crippen molar-refractivity contribution in [2.45, 2.75) is 4.90 Å². The summed E-state index contributed by atoms with van der Waals surface area (Å²) in [6.07, 6.45) is 0. The molecule has 0 aromatic heterocycles. The summed E-state index contributed by atoms with van der Waals surface area (Å²) in [5.74, 6) is 0. The van der Waals surface area contributed by atoms with Crippen LogP contribution in [-0.2, 0) is 0 Å². The number of hydrogen-bond acceptors (Lipinski definition) is 1. The molecule has 0 nitrogen and oxygen atoms in total. The van der Waals surface area contributed by atoms with E-state index in [-0.39, 0.29) is 0 Å². The first-order valence-electron chi connectivity index (χ1n) is 3.67. The van der Waals surface area contributed by atoms with Gasteiger partial charge in [0.2, 0.25) is 0 Å². The van der Waals surface area contributed by atoms with Crippen LogP contribution >= 0.6 is 12.6 Å². The zero-order chi connectivity index (χ0) is 8.55. The summed E-state index contributed by atoms with van der Waals surface area (Å²) in [5, 5.41) is 2.45. The fraction of sp³-hybridized carbons (Fsp3) is 0. The van der Waals surface area contributed by atoms with Crippen molar-refractivity contribution in [3.8, 4) is 0 Å². The number of benzene rings is 2. The molecule has 12 heavy (non-hydrogen) atoms. The minimum atomic E-state index is 1.03. The van der Waals surface area contributed by atoms with E-state index >= 15 is 0 Å². The minimum absolute atomic E-state index is 1.03. The Morgan fingerprint density at radius 2 is 1.67 bits per heavy atom. The number of thiol groups is 1. The quantitative estimate of drug-likeness (QED) is 0.526. The summed E-state index contributed by atoms with van der Waals surface area (Å²) < 4.78 is 1.16. The van der Waals surface area contributed by atoms with E-state index < -0.39 is 0 Å². The molecule has 0 fully saturated rings. The van der Waals surface area contributed by atoms with Crippen molar-refractivity contribution in [3.63, 3.8) is 0 Å². The second-order valence-corrected chi connectivity index (χ2v) is 4.04. The van der Waals surface area contributed by atoms with E-state index in [4.69, 9.17) is 0 Å². The van der Waals surface area contributed by atoms with Gasteiger partial charge < -0.3 is 0 Å². The molecule has 1 radical (unpaired) electrons. The van der Waals surface area contributed by atoms with E-state index in [1.165, 1.54) is 10.8 Å². The van der Waals surface area contributed by atoms with Crippen LogP contribution in [0.25, 0.3) is 10.8 Å². The Morgan fingerprint density at radius 1 is 1.00 bits per heavy atom. The van der Waals surface area contributed by atoms with Gasteiger partial charge in [-0.05, 0) is 0 Å². The standard InChI is InChI=1S/C10H7SSe/c11-8-5-1-3-7-4-2-6-9(12)10(7)8/h1-6,11H. The molecule has 59 valence electrons. The second-order valence-electron chi connectivity index (χ2n) is 2.63. The number of rotatable bonds is 0. The third-order valence-electron chi connectivity index (χ3n) is 1.84. The summed E-state index contributed by atoms with van der Waals surface area (Å²) in [6.45, 7) is 0. The molecule has 0 amide bonds. The van der Waals surface area contributed by atoms with E-state index in [0.29, 0.717) is 0 Å². The van der Waals surface area contributed by atoms with Gasteiger partial charge >= 0.3 is 85.2 Å². The zero-order valence-electron chi connectivity index (χ0n) is 6.32. The molecule has 0 saturated heterocycles. The van der Waals surface area contributed by atoms with Gasteiger partial charge in [-0.25, -0.2) is 0 Å². The van der Waals surface area contributed by atoms with Crippen LogP contribution in [0.3, 0.4) is 0 Å². The van der Waals surface area contributed by atoms with Crippen molar-refractivity contribution in [2.75, 3.05) is 0 Å². The summed E-state index contributed by atoms with van der Waals surface area (Å²) in [4.78, 5) is 1.03. The van der Waals surface area contributed by atoms with Crippen molar-refractivity contribution in [1.82, 2.24) is 0 Å². The van der Waals surface area contributed by atoms with E-state index in [9.17, 15) is 0 Å². The molecule has 0 unspecified atom stereocenters. The van der Waals surface area contributed by atoms with Crippen LogP contribution in [0, 0.1) is 0 Å². The molecule has 0 heterocycles. The Labute approximate surface area is 85.2 Å². The Morgan fingerprint density at radius 3 is 2.33 bits per heavy atom. The third kappa shape index (κ3) is 1.27. The molecule has 0 aliphatic carbocycles. The van der Waals surface area contributed by atoms with Crippen molar-refractivity contribution >= 4 is 43.9 Å². The van der Waals surface area contributed by atoms with Crippen molar-refractivity contribution < 1.29 is 0 Å². The fourth-order valence-electron chi connectivity index (χ4n) is 1.29. The van der Waals surface area contributed by atoms with Crippen LogP contribution in [-0.4, -0.2) is 16.0 Å². The molecule has 2 rings (SSSR count). The van der Waals surface area contributed by atoms with Gasteiger partial charge in [0, 0.05) is 0 Å². The van der Waals surface area contributed by atoms with Gasteiger partial charge in [0.25, 0.3) is 0 Å². The molecule has 0 aliphatic heterocycles. The first kappa shape index (κ1) is 8.18. The van der Waals surface area contributed by atoms with Gasteiger partial charge in [0.1, 0.15) is 0 Å². The number of hydrogen-bond donors (Lipinski definition) is 1. The molecular formula is C10H7SSe. The van der Waals surface area contributed by atoms with E-state index in [1.807, 2.05) is 18.2 Å². The fourth-order valence-corrected chi connectivity index (χ4v) is 2.44. The van der Waals surface area contributed by atoms with Crippen molar-refractivity contribution in [1.29, 1.82) is 0 Å². The number of fused-ring (bicyclic) bond motifs is 1. The average Bonchev–Trinajstić information content (AvgIpc) is 2.04. The van der Waals surface area contributed by atoms with Crippen LogP contribution in [0.4, 0.5) is 0 Å². The molecule has 2 aromatic rings. The van der Waals surface area contributed by atoms with E-state index in [1.54, 1.807) is 0 Å². The molecule has 0 atom stereocenters. The molecule has 0 bridgehead atoms. The molecule has 0 spiro atoms. The Kier molecular flexibility index (Phi) is 2.14. The molecule has 0 N–H and O–H groups in total. The maximum absolute atomic E-state index is 4.40. The SMILES string of the molecule is Sc1cccc2cccc([Se])c12. The van der Waals surface area contributed by atoms with Crippen LogP contribution in [0.15, 0.2) is 41.3 Å². The average molecular weight is 238 g/mol. The van der Waals surface area contributed by atoms with E-state index in [2.05, 4.69) is 46.8 Å². The van der Waals surface area contributed by atoms with Crippen LogP contribution in [0.2, 0.25) is 0 Å². The van der Waals surface area contributed by atoms with Crippen LogP contribution in [0.1, 0.15) is 0 Å². The summed E-state index contributed by atoms with van der Waals surface area (Å²) in [6, 6.07) is 12.3. The Balaban J connectivity index is 2.96. The van der Waals surface area contributed by atoms with E-state index in [0.717, 1.165) is 9.36 Å². The van der Waals surface area contributed by atoms with Gasteiger partial charge in [-0.1, -0.05) is 0 Å². The van der Waals surface area contributed by atoms with Crippen LogP contribution in [0.5, 0.6) is 0 Å². The van der Waals surface area contributed by atoms with Gasteiger partial charge in [-0.3, -0.25) is 0 Å². The Bertz CT molecular complexity index is 386. The predicted molar refractivity (Wildman–Crippen MR) is 56.6 cm³/mol. The second kappa shape index (κ2) is 3.14. The van der Waals surface area contributed by atoms with Gasteiger partial charge in [0.15, 0.2) is 0 Å². The normalized spacial score (nSPS) is 10.4.